The fraction of sp³-hybridized carbons (Fsp3) is 0.222. The minimum absolute atomic E-state index is 0.0162. The number of aromatic nitrogens is 1. The molecule has 130 valence electrons. The highest BCUT2D eigenvalue weighted by atomic mass is 35.5. The molecule has 0 bridgehead atoms. The molecule has 0 amide bonds. The van der Waals surface area contributed by atoms with Crippen molar-refractivity contribution in [3.8, 4) is 5.75 Å². The molecule has 7 heteroatoms. The van der Waals surface area contributed by atoms with Gasteiger partial charge >= 0.3 is 0 Å². The lowest BCUT2D eigenvalue weighted by molar-refractivity contribution is 0.101. The molecule has 0 spiro atoms. The van der Waals surface area contributed by atoms with Gasteiger partial charge in [-0.05, 0) is 37.3 Å². The standard InChI is InChI=1S/C18H16ClNO3S2/c1-11(21)12-3-2-4-15(7-12)23-9-14(22)10-24-18-20-16-8-13(19)5-6-17(16)25-18/h2-8,14,22H,9-10H2,1H3/t14-/m0/s1. The summed E-state index contributed by atoms with van der Waals surface area (Å²) >= 11 is 9.02. The Hall–Kier alpha value is -1.60. The number of carbonyl (C=O) groups is 1. The summed E-state index contributed by atoms with van der Waals surface area (Å²) < 4.78 is 7.52. The molecule has 0 radical (unpaired) electrons. The molecule has 0 unspecified atom stereocenters. The number of rotatable bonds is 7. The van der Waals surface area contributed by atoms with Crippen LogP contribution >= 0.6 is 34.7 Å². The summed E-state index contributed by atoms with van der Waals surface area (Å²) in [5.41, 5.74) is 1.46. The first-order chi connectivity index (χ1) is 12.0. The third kappa shape index (κ3) is 4.95. The maximum atomic E-state index is 11.4. The number of ketones is 1. The van der Waals surface area contributed by atoms with E-state index in [0.29, 0.717) is 22.1 Å². The molecule has 2 aromatic carbocycles. The minimum Gasteiger partial charge on any atom is -0.491 e. The molecule has 0 aliphatic rings. The molecule has 0 aliphatic heterocycles. The van der Waals surface area contributed by atoms with E-state index in [1.165, 1.54) is 18.7 Å². The topological polar surface area (TPSA) is 59.4 Å². The van der Waals surface area contributed by atoms with E-state index in [0.717, 1.165) is 14.6 Å². The summed E-state index contributed by atoms with van der Waals surface area (Å²) in [4.78, 5) is 15.9. The highest BCUT2D eigenvalue weighted by molar-refractivity contribution is 8.01. The zero-order valence-electron chi connectivity index (χ0n) is 13.4. The van der Waals surface area contributed by atoms with Crippen molar-refractivity contribution < 1.29 is 14.6 Å². The van der Waals surface area contributed by atoms with E-state index < -0.39 is 6.10 Å². The molecule has 0 saturated carbocycles. The van der Waals surface area contributed by atoms with Gasteiger partial charge in [0, 0.05) is 16.3 Å². The molecule has 0 aliphatic carbocycles. The predicted molar refractivity (Wildman–Crippen MR) is 103 cm³/mol. The van der Waals surface area contributed by atoms with Gasteiger partial charge in [-0.1, -0.05) is 35.5 Å². The highest BCUT2D eigenvalue weighted by Crippen LogP contribution is 2.31. The molecular formula is C18H16ClNO3S2. The zero-order chi connectivity index (χ0) is 17.8. The number of carbonyl (C=O) groups excluding carboxylic acids is 1. The Morgan fingerprint density at radius 2 is 2.20 bits per heavy atom. The predicted octanol–water partition coefficient (Wildman–Crippen LogP) is 4.68. The average Bonchev–Trinajstić information content (AvgIpc) is 3.00. The Labute approximate surface area is 158 Å². The van der Waals surface area contributed by atoms with Gasteiger partial charge in [0.25, 0.3) is 0 Å². The molecule has 25 heavy (non-hydrogen) atoms. The molecule has 1 heterocycles. The summed E-state index contributed by atoms with van der Waals surface area (Å²) in [5.74, 6) is 1.03. The highest BCUT2D eigenvalue weighted by Gasteiger charge is 2.10. The maximum Gasteiger partial charge on any atom is 0.159 e. The van der Waals surface area contributed by atoms with Crippen molar-refractivity contribution in [3.05, 3.63) is 53.1 Å². The second-order valence-electron chi connectivity index (χ2n) is 5.45. The number of hydrogen-bond donors (Lipinski definition) is 1. The van der Waals surface area contributed by atoms with Crippen LogP contribution in [-0.2, 0) is 0 Å². The summed E-state index contributed by atoms with van der Waals surface area (Å²) in [6.45, 7) is 1.67. The van der Waals surface area contributed by atoms with Gasteiger partial charge in [0.15, 0.2) is 10.1 Å². The van der Waals surface area contributed by atoms with E-state index in [-0.39, 0.29) is 12.4 Å². The van der Waals surface area contributed by atoms with Gasteiger partial charge in [-0.2, -0.15) is 0 Å². The van der Waals surface area contributed by atoms with Crippen LogP contribution < -0.4 is 4.74 Å². The van der Waals surface area contributed by atoms with Gasteiger partial charge in [0.2, 0.25) is 0 Å². The van der Waals surface area contributed by atoms with Gasteiger partial charge in [-0.15, -0.1) is 11.3 Å². The van der Waals surface area contributed by atoms with E-state index in [1.807, 2.05) is 18.2 Å². The van der Waals surface area contributed by atoms with Crippen molar-refractivity contribution in [1.29, 1.82) is 0 Å². The Morgan fingerprint density at radius 3 is 3.00 bits per heavy atom. The summed E-state index contributed by atoms with van der Waals surface area (Å²) in [6.07, 6.45) is -0.637. The summed E-state index contributed by atoms with van der Waals surface area (Å²) in [7, 11) is 0. The smallest absolute Gasteiger partial charge is 0.159 e. The van der Waals surface area contributed by atoms with Crippen molar-refractivity contribution in [3.63, 3.8) is 0 Å². The van der Waals surface area contributed by atoms with Crippen molar-refractivity contribution in [2.75, 3.05) is 12.4 Å². The van der Waals surface area contributed by atoms with Crippen LogP contribution in [-0.4, -0.2) is 34.3 Å². The number of aliphatic hydroxyl groups excluding tert-OH is 1. The normalized spacial score (nSPS) is 12.3. The van der Waals surface area contributed by atoms with Gasteiger partial charge in [0.05, 0.1) is 16.3 Å². The van der Waals surface area contributed by atoms with Crippen molar-refractivity contribution in [1.82, 2.24) is 4.98 Å². The first kappa shape index (κ1) is 18.2. The monoisotopic (exact) mass is 393 g/mol. The molecule has 1 atom stereocenters. The van der Waals surface area contributed by atoms with Crippen molar-refractivity contribution in [2.24, 2.45) is 0 Å². The minimum atomic E-state index is -0.637. The molecule has 4 nitrogen and oxygen atoms in total. The van der Waals surface area contributed by atoms with Gasteiger partial charge in [-0.3, -0.25) is 4.79 Å². The molecule has 3 rings (SSSR count). The van der Waals surface area contributed by atoms with Crippen LogP contribution in [0.2, 0.25) is 5.02 Å². The molecule has 1 N–H and O–H groups in total. The third-order valence-electron chi connectivity index (χ3n) is 3.41. The number of thiazole rings is 1. The number of benzene rings is 2. The fourth-order valence-corrected chi connectivity index (χ4v) is 4.30. The quantitative estimate of drug-likeness (QED) is 0.466. The fourth-order valence-electron chi connectivity index (χ4n) is 2.15. The van der Waals surface area contributed by atoms with Crippen LogP contribution in [0, 0.1) is 0 Å². The van der Waals surface area contributed by atoms with Crippen molar-refractivity contribution >= 4 is 50.7 Å². The Bertz CT molecular complexity index is 897. The van der Waals surface area contributed by atoms with E-state index in [9.17, 15) is 9.90 Å². The Kier molecular flexibility index (Phi) is 5.96. The van der Waals surface area contributed by atoms with Crippen LogP contribution in [0.5, 0.6) is 5.75 Å². The number of aliphatic hydroxyl groups is 1. The second kappa shape index (κ2) is 8.19. The molecule has 1 aromatic heterocycles. The number of Topliss-reactive ketones (excluding diaryl/α,β-unsaturated/α-hetero) is 1. The molecule has 0 fully saturated rings. The van der Waals surface area contributed by atoms with Crippen LogP contribution in [0.3, 0.4) is 0 Å². The Balaban J connectivity index is 1.52. The van der Waals surface area contributed by atoms with Crippen LogP contribution in [0.15, 0.2) is 46.8 Å². The molecular weight excluding hydrogens is 378 g/mol. The first-order valence-electron chi connectivity index (χ1n) is 7.62. The van der Waals surface area contributed by atoms with Gasteiger partial charge in [-0.25, -0.2) is 4.98 Å². The SMILES string of the molecule is CC(=O)c1cccc(OC[C@H](O)CSc2nc3cc(Cl)ccc3s2)c1. The number of thioether (sulfide) groups is 1. The van der Waals surface area contributed by atoms with Gasteiger partial charge < -0.3 is 9.84 Å². The Morgan fingerprint density at radius 1 is 1.36 bits per heavy atom. The lowest BCUT2D eigenvalue weighted by Crippen LogP contribution is -2.20. The second-order valence-corrected chi connectivity index (χ2v) is 8.19. The third-order valence-corrected chi connectivity index (χ3v) is 5.97. The van der Waals surface area contributed by atoms with Crippen molar-refractivity contribution in [2.45, 2.75) is 17.4 Å². The van der Waals surface area contributed by atoms with E-state index in [2.05, 4.69) is 4.98 Å². The van der Waals surface area contributed by atoms with Gasteiger partial charge in [0.1, 0.15) is 12.4 Å². The first-order valence-corrected chi connectivity index (χ1v) is 9.80. The lowest BCUT2D eigenvalue weighted by Gasteiger charge is -2.11. The summed E-state index contributed by atoms with van der Waals surface area (Å²) in [5, 5.41) is 10.8. The molecule has 0 saturated heterocycles. The van der Waals surface area contributed by atoms with Crippen LogP contribution in [0.25, 0.3) is 10.2 Å². The zero-order valence-corrected chi connectivity index (χ0v) is 15.8. The number of nitrogens with zero attached hydrogens (tertiary/aromatic N) is 1. The molecule has 3 aromatic rings. The number of fused-ring (bicyclic) bond motifs is 1. The summed E-state index contributed by atoms with van der Waals surface area (Å²) in [6, 6.07) is 12.6. The van der Waals surface area contributed by atoms with E-state index in [1.54, 1.807) is 35.6 Å². The average molecular weight is 394 g/mol. The van der Waals surface area contributed by atoms with Crippen LogP contribution in [0.1, 0.15) is 17.3 Å². The lowest BCUT2D eigenvalue weighted by atomic mass is 10.1. The van der Waals surface area contributed by atoms with Crippen LogP contribution in [0.4, 0.5) is 0 Å². The van der Waals surface area contributed by atoms with E-state index in [4.69, 9.17) is 16.3 Å². The number of halogens is 1. The largest absolute Gasteiger partial charge is 0.491 e. The number of ether oxygens (including phenoxy) is 1. The number of hydrogen-bond acceptors (Lipinski definition) is 6. The van der Waals surface area contributed by atoms with E-state index >= 15 is 0 Å². The maximum absolute atomic E-state index is 11.4.